The SMILES string of the molecule is O=C(CCNC(=O)Nc1ccc(Br)cc1)NCC1CNC1. The van der Waals surface area contributed by atoms with Gasteiger partial charge in [0.2, 0.25) is 5.91 Å². The Morgan fingerprint density at radius 1 is 1.19 bits per heavy atom. The van der Waals surface area contributed by atoms with E-state index in [9.17, 15) is 9.59 Å². The first-order valence-corrected chi connectivity index (χ1v) is 7.70. The summed E-state index contributed by atoms with van der Waals surface area (Å²) in [4.78, 5) is 23.2. The normalized spacial score (nSPS) is 14.1. The lowest BCUT2D eigenvalue weighted by molar-refractivity contribution is -0.121. The first-order chi connectivity index (χ1) is 10.1. The number of halogens is 1. The van der Waals surface area contributed by atoms with Gasteiger partial charge in [-0.05, 0) is 24.3 Å². The second kappa shape index (κ2) is 7.99. The lowest BCUT2D eigenvalue weighted by Gasteiger charge is -2.27. The fraction of sp³-hybridized carbons (Fsp3) is 0.429. The summed E-state index contributed by atoms with van der Waals surface area (Å²) in [6, 6.07) is 6.97. The minimum Gasteiger partial charge on any atom is -0.356 e. The molecular weight excluding hydrogens is 336 g/mol. The summed E-state index contributed by atoms with van der Waals surface area (Å²) in [5.41, 5.74) is 0.706. The first kappa shape index (κ1) is 15.8. The summed E-state index contributed by atoms with van der Waals surface area (Å²) in [6.45, 7) is 2.95. The van der Waals surface area contributed by atoms with Gasteiger partial charge in [-0.2, -0.15) is 0 Å². The van der Waals surface area contributed by atoms with Gasteiger partial charge in [0, 0.05) is 48.7 Å². The number of amides is 3. The van der Waals surface area contributed by atoms with Crippen LogP contribution in [0, 0.1) is 5.92 Å². The Balaban J connectivity index is 1.57. The average molecular weight is 355 g/mol. The van der Waals surface area contributed by atoms with Crippen molar-refractivity contribution in [3.05, 3.63) is 28.7 Å². The maximum absolute atomic E-state index is 11.6. The van der Waals surface area contributed by atoms with Crippen molar-refractivity contribution in [3.63, 3.8) is 0 Å². The molecule has 6 nitrogen and oxygen atoms in total. The number of rotatable bonds is 6. The van der Waals surface area contributed by atoms with Crippen LogP contribution in [0.15, 0.2) is 28.7 Å². The number of nitrogens with one attached hydrogen (secondary N) is 4. The van der Waals surface area contributed by atoms with Gasteiger partial charge in [-0.25, -0.2) is 4.79 Å². The molecule has 21 heavy (non-hydrogen) atoms. The van der Waals surface area contributed by atoms with E-state index in [0.29, 0.717) is 24.7 Å². The summed E-state index contributed by atoms with van der Waals surface area (Å²) in [5.74, 6) is 0.508. The van der Waals surface area contributed by atoms with Gasteiger partial charge in [-0.3, -0.25) is 4.79 Å². The van der Waals surface area contributed by atoms with Gasteiger partial charge in [0.05, 0.1) is 0 Å². The number of anilines is 1. The van der Waals surface area contributed by atoms with Crippen LogP contribution >= 0.6 is 15.9 Å². The van der Waals surface area contributed by atoms with Crippen LogP contribution in [0.5, 0.6) is 0 Å². The maximum Gasteiger partial charge on any atom is 0.319 e. The zero-order valence-electron chi connectivity index (χ0n) is 11.6. The third kappa shape index (κ3) is 5.73. The predicted octanol–water partition coefficient (Wildman–Crippen LogP) is 1.30. The molecule has 1 saturated heterocycles. The van der Waals surface area contributed by atoms with Crippen molar-refractivity contribution >= 4 is 33.6 Å². The van der Waals surface area contributed by atoms with Crippen molar-refractivity contribution in [2.45, 2.75) is 6.42 Å². The van der Waals surface area contributed by atoms with E-state index in [0.717, 1.165) is 17.6 Å². The van der Waals surface area contributed by atoms with Gasteiger partial charge >= 0.3 is 6.03 Å². The van der Waals surface area contributed by atoms with Gasteiger partial charge in [0.1, 0.15) is 0 Å². The Morgan fingerprint density at radius 2 is 1.90 bits per heavy atom. The minimum absolute atomic E-state index is 0.0363. The first-order valence-electron chi connectivity index (χ1n) is 6.91. The number of hydrogen-bond donors (Lipinski definition) is 4. The third-order valence-corrected chi connectivity index (χ3v) is 3.72. The third-order valence-electron chi connectivity index (χ3n) is 3.19. The summed E-state index contributed by atoms with van der Waals surface area (Å²) < 4.78 is 0.951. The molecule has 2 rings (SSSR count). The van der Waals surface area contributed by atoms with E-state index in [-0.39, 0.29) is 18.4 Å². The summed E-state index contributed by atoms with van der Waals surface area (Å²) >= 11 is 3.33. The number of carbonyl (C=O) groups excluding carboxylic acids is 2. The van der Waals surface area contributed by atoms with Crippen LogP contribution < -0.4 is 21.3 Å². The van der Waals surface area contributed by atoms with E-state index in [4.69, 9.17) is 0 Å². The fourth-order valence-electron chi connectivity index (χ4n) is 1.84. The Labute approximate surface area is 132 Å². The van der Waals surface area contributed by atoms with Crippen molar-refractivity contribution in [2.24, 2.45) is 5.92 Å². The molecule has 0 aromatic heterocycles. The zero-order chi connectivity index (χ0) is 15.1. The number of carbonyl (C=O) groups is 2. The van der Waals surface area contributed by atoms with E-state index in [1.54, 1.807) is 12.1 Å². The highest BCUT2D eigenvalue weighted by molar-refractivity contribution is 9.10. The van der Waals surface area contributed by atoms with Crippen LogP contribution in [0.25, 0.3) is 0 Å². The van der Waals surface area contributed by atoms with Crippen LogP contribution in [-0.4, -0.2) is 38.1 Å². The van der Waals surface area contributed by atoms with Gasteiger partial charge in [-0.15, -0.1) is 0 Å². The highest BCUT2D eigenvalue weighted by atomic mass is 79.9. The molecule has 0 spiro atoms. The van der Waals surface area contributed by atoms with Crippen LogP contribution in [0.2, 0.25) is 0 Å². The molecule has 0 unspecified atom stereocenters. The second-order valence-corrected chi connectivity index (χ2v) is 5.88. The van der Waals surface area contributed by atoms with Crippen molar-refractivity contribution < 1.29 is 9.59 Å². The average Bonchev–Trinajstić information content (AvgIpc) is 2.39. The summed E-state index contributed by atoms with van der Waals surface area (Å²) in [7, 11) is 0. The smallest absolute Gasteiger partial charge is 0.319 e. The molecule has 1 aliphatic rings. The van der Waals surface area contributed by atoms with Gasteiger partial charge in [0.15, 0.2) is 0 Å². The van der Waals surface area contributed by atoms with E-state index in [1.807, 2.05) is 12.1 Å². The highest BCUT2D eigenvalue weighted by Crippen LogP contribution is 2.13. The summed E-state index contributed by atoms with van der Waals surface area (Å²) in [6.07, 6.45) is 0.286. The van der Waals surface area contributed by atoms with Crippen LogP contribution in [0.3, 0.4) is 0 Å². The molecule has 0 atom stereocenters. The van der Waals surface area contributed by atoms with Crippen LogP contribution in [0.4, 0.5) is 10.5 Å². The standard InChI is InChI=1S/C14H19BrN4O2/c15-11-1-3-12(4-2-11)19-14(21)17-6-5-13(20)18-9-10-7-16-8-10/h1-4,10,16H,5-9H2,(H,18,20)(H2,17,19,21). The number of urea groups is 1. The Morgan fingerprint density at radius 3 is 2.52 bits per heavy atom. The Kier molecular flexibility index (Phi) is 6.01. The fourth-order valence-corrected chi connectivity index (χ4v) is 2.10. The molecule has 1 aromatic carbocycles. The monoisotopic (exact) mass is 354 g/mol. The minimum atomic E-state index is -0.312. The van der Waals surface area contributed by atoms with Gasteiger partial charge in [-0.1, -0.05) is 15.9 Å². The van der Waals surface area contributed by atoms with E-state index >= 15 is 0 Å². The molecule has 0 radical (unpaired) electrons. The zero-order valence-corrected chi connectivity index (χ0v) is 13.2. The molecule has 1 aromatic rings. The van der Waals surface area contributed by atoms with Crippen molar-refractivity contribution in [1.82, 2.24) is 16.0 Å². The molecule has 1 heterocycles. The summed E-state index contributed by atoms with van der Waals surface area (Å²) in [5, 5.41) is 11.4. The molecule has 114 valence electrons. The molecule has 1 aliphatic heterocycles. The molecule has 0 bridgehead atoms. The lowest BCUT2D eigenvalue weighted by atomic mass is 10.0. The Hall–Kier alpha value is -1.60. The van der Waals surface area contributed by atoms with E-state index in [2.05, 4.69) is 37.2 Å². The predicted molar refractivity (Wildman–Crippen MR) is 85.1 cm³/mol. The lowest BCUT2D eigenvalue weighted by Crippen LogP contribution is -2.48. The molecule has 1 fully saturated rings. The molecule has 0 aliphatic carbocycles. The topological polar surface area (TPSA) is 82.3 Å². The van der Waals surface area contributed by atoms with E-state index in [1.165, 1.54) is 0 Å². The Bertz CT molecular complexity index is 488. The second-order valence-electron chi connectivity index (χ2n) is 4.97. The van der Waals surface area contributed by atoms with Gasteiger partial charge in [0.25, 0.3) is 0 Å². The van der Waals surface area contributed by atoms with Crippen molar-refractivity contribution in [2.75, 3.05) is 31.5 Å². The molecule has 7 heteroatoms. The van der Waals surface area contributed by atoms with E-state index < -0.39 is 0 Å². The molecule has 0 saturated carbocycles. The van der Waals surface area contributed by atoms with Crippen molar-refractivity contribution in [3.8, 4) is 0 Å². The quantitative estimate of drug-likeness (QED) is 0.621. The van der Waals surface area contributed by atoms with Gasteiger partial charge < -0.3 is 21.3 Å². The van der Waals surface area contributed by atoms with Crippen LogP contribution in [0.1, 0.15) is 6.42 Å². The number of benzene rings is 1. The molecular formula is C14H19BrN4O2. The number of hydrogen-bond acceptors (Lipinski definition) is 3. The molecule has 3 amide bonds. The maximum atomic E-state index is 11.6. The van der Waals surface area contributed by atoms with Crippen molar-refractivity contribution in [1.29, 1.82) is 0 Å². The molecule has 4 N–H and O–H groups in total. The highest BCUT2D eigenvalue weighted by Gasteiger charge is 2.16. The largest absolute Gasteiger partial charge is 0.356 e. The van der Waals surface area contributed by atoms with Crippen LogP contribution in [-0.2, 0) is 4.79 Å².